The summed E-state index contributed by atoms with van der Waals surface area (Å²) in [7, 11) is 1.88. The first kappa shape index (κ1) is 16.2. The zero-order chi connectivity index (χ0) is 15.2. The Morgan fingerprint density at radius 1 is 1.29 bits per heavy atom. The van der Waals surface area contributed by atoms with Gasteiger partial charge in [0, 0.05) is 32.2 Å². The van der Waals surface area contributed by atoms with Crippen molar-refractivity contribution >= 4 is 5.69 Å². The zero-order valence-corrected chi connectivity index (χ0v) is 13.0. The van der Waals surface area contributed by atoms with Crippen molar-refractivity contribution in [3.63, 3.8) is 0 Å². The average Bonchev–Trinajstić information content (AvgIpc) is 2.72. The molecular weight excluding hydrogens is 269 g/mol. The Morgan fingerprint density at radius 3 is 2.76 bits per heavy atom. The highest BCUT2D eigenvalue weighted by Crippen LogP contribution is 2.24. The first-order valence-corrected chi connectivity index (χ1v) is 7.70. The van der Waals surface area contributed by atoms with Crippen LogP contribution in [0.15, 0.2) is 18.2 Å². The molecule has 1 aliphatic rings. The predicted octanol–water partition coefficient (Wildman–Crippen LogP) is 1.61. The monoisotopic (exact) mass is 295 g/mol. The minimum atomic E-state index is -0.148. The summed E-state index contributed by atoms with van der Waals surface area (Å²) in [5.74, 6) is -0.148. The van der Waals surface area contributed by atoms with E-state index in [1.165, 1.54) is 0 Å². The van der Waals surface area contributed by atoms with Crippen molar-refractivity contribution in [3.05, 3.63) is 29.6 Å². The molecule has 2 N–H and O–H groups in total. The van der Waals surface area contributed by atoms with E-state index < -0.39 is 0 Å². The topological polar surface area (TPSA) is 38.7 Å². The van der Waals surface area contributed by atoms with Crippen LogP contribution < -0.4 is 10.2 Å². The molecule has 1 fully saturated rings. The SMILES string of the molecule is CNC(C)c1ccc(N2CCCN(CCO)CC2)c(F)c1. The number of rotatable bonds is 5. The fourth-order valence-electron chi connectivity index (χ4n) is 2.79. The van der Waals surface area contributed by atoms with E-state index in [-0.39, 0.29) is 18.5 Å². The van der Waals surface area contributed by atoms with Crippen LogP contribution in [0.4, 0.5) is 10.1 Å². The van der Waals surface area contributed by atoms with Gasteiger partial charge in [-0.05, 0) is 44.6 Å². The third kappa shape index (κ3) is 4.15. The predicted molar refractivity (Wildman–Crippen MR) is 84.2 cm³/mol. The van der Waals surface area contributed by atoms with Gasteiger partial charge in [-0.2, -0.15) is 0 Å². The number of β-amino-alcohol motifs (C(OH)–C–C–N with tert-alkyl or cyclic N) is 1. The molecule has 0 spiro atoms. The summed E-state index contributed by atoms with van der Waals surface area (Å²) in [5.41, 5.74) is 1.66. The van der Waals surface area contributed by atoms with Gasteiger partial charge in [-0.1, -0.05) is 6.07 Å². The molecule has 4 nitrogen and oxygen atoms in total. The maximum atomic E-state index is 14.4. The molecule has 118 valence electrons. The van der Waals surface area contributed by atoms with Gasteiger partial charge in [0.15, 0.2) is 0 Å². The summed E-state index contributed by atoms with van der Waals surface area (Å²) < 4.78 is 14.4. The molecule has 0 amide bonds. The maximum absolute atomic E-state index is 14.4. The van der Waals surface area contributed by atoms with Crippen molar-refractivity contribution in [2.75, 3.05) is 51.3 Å². The number of aliphatic hydroxyl groups is 1. The first-order valence-electron chi connectivity index (χ1n) is 7.70. The van der Waals surface area contributed by atoms with Crippen molar-refractivity contribution in [2.45, 2.75) is 19.4 Å². The minimum Gasteiger partial charge on any atom is -0.395 e. The molecule has 0 aromatic heterocycles. The van der Waals surface area contributed by atoms with E-state index >= 15 is 0 Å². The molecule has 0 saturated carbocycles. The van der Waals surface area contributed by atoms with Gasteiger partial charge in [-0.3, -0.25) is 4.90 Å². The maximum Gasteiger partial charge on any atom is 0.146 e. The molecule has 1 unspecified atom stereocenters. The molecule has 0 radical (unpaired) electrons. The van der Waals surface area contributed by atoms with Crippen LogP contribution in [0.5, 0.6) is 0 Å². The zero-order valence-electron chi connectivity index (χ0n) is 13.0. The molecule has 21 heavy (non-hydrogen) atoms. The average molecular weight is 295 g/mol. The minimum absolute atomic E-state index is 0.148. The summed E-state index contributed by atoms with van der Waals surface area (Å²) in [5, 5.41) is 12.1. The van der Waals surface area contributed by atoms with Gasteiger partial charge in [0.25, 0.3) is 0 Å². The summed E-state index contributed by atoms with van der Waals surface area (Å²) in [6.07, 6.45) is 0.994. The lowest BCUT2D eigenvalue weighted by Gasteiger charge is -2.24. The number of benzene rings is 1. The Labute approximate surface area is 126 Å². The summed E-state index contributed by atoms with van der Waals surface area (Å²) in [6.45, 7) is 6.41. The van der Waals surface area contributed by atoms with Gasteiger partial charge in [-0.25, -0.2) is 4.39 Å². The van der Waals surface area contributed by atoms with E-state index in [0.717, 1.165) is 38.2 Å². The number of aliphatic hydroxyl groups excluding tert-OH is 1. The van der Waals surface area contributed by atoms with E-state index in [4.69, 9.17) is 5.11 Å². The normalized spacial score (nSPS) is 18.6. The number of anilines is 1. The van der Waals surface area contributed by atoms with Crippen LogP contribution >= 0.6 is 0 Å². The van der Waals surface area contributed by atoms with Gasteiger partial charge in [-0.15, -0.1) is 0 Å². The van der Waals surface area contributed by atoms with Gasteiger partial charge in [0.2, 0.25) is 0 Å². The second-order valence-corrected chi connectivity index (χ2v) is 5.63. The smallest absolute Gasteiger partial charge is 0.146 e. The van der Waals surface area contributed by atoms with Gasteiger partial charge in [0.05, 0.1) is 12.3 Å². The van der Waals surface area contributed by atoms with Crippen LogP contribution in [0.1, 0.15) is 24.9 Å². The quantitative estimate of drug-likeness (QED) is 0.866. The first-order chi connectivity index (χ1) is 10.2. The van der Waals surface area contributed by atoms with Crippen molar-refractivity contribution in [1.29, 1.82) is 0 Å². The molecule has 1 aromatic rings. The Morgan fingerprint density at radius 2 is 2.10 bits per heavy atom. The Hall–Kier alpha value is -1.17. The highest BCUT2D eigenvalue weighted by molar-refractivity contribution is 5.49. The molecule has 1 aliphatic heterocycles. The second-order valence-electron chi connectivity index (χ2n) is 5.63. The number of hydrogen-bond donors (Lipinski definition) is 2. The van der Waals surface area contributed by atoms with Crippen LogP contribution in [0, 0.1) is 5.82 Å². The number of nitrogens with one attached hydrogen (secondary N) is 1. The van der Waals surface area contributed by atoms with Crippen molar-refractivity contribution in [1.82, 2.24) is 10.2 Å². The molecule has 0 bridgehead atoms. The summed E-state index contributed by atoms with van der Waals surface area (Å²) >= 11 is 0. The van der Waals surface area contributed by atoms with Crippen molar-refractivity contribution in [2.24, 2.45) is 0 Å². The fraction of sp³-hybridized carbons (Fsp3) is 0.625. The van der Waals surface area contributed by atoms with Crippen molar-refractivity contribution < 1.29 is 9.50 Å². The summed E-state index contributed by atoms with van der Waals surface area (Å²) in [6, 6.07) is 5.67. The Bertz CT molecular complexity index is 455. The standard InChI is InChI=1S/C16H26FN3O/c1-13(18-2)14-4-5-16(15(17)12-14)20-7-3-6-19(8-9-20)10-11-21/h4-5,12-13,18,21H,3,6-11H2,1-2H3. The number of nitrogens with zero attached hydrogens (tertiary/aromatic N) is 2. The molecule has 1 atom stereocenters. The van der Waals surface area contributed by atoms with Crippen LogP contribution in [0.3, 0.4) is 0 Å². The fourth-order valence-corrected chi connectivity index (χ4v) is 2.79. The highest BCUT2D eigenvalue weighted by Gasteiger charge is 2.18. The third-order valence-corrected chi connectivity index (χ3v) is 4.25. The molecule has 2 rings (SSSR count). The van der Waals surface area contributed by atoms with Crippen LogP contribution in [0.2, 0.25) is 0 Å². The summed E-state index contributed by atoms with van der Waals surface area (Å²) in [4.78, 5) is 4.34. The number of hydrogen-bond acceptors (Lipinski definition) is 4. The van der Waals surface area contributed by atoms with E-state index in [1.807, 2.05) is 26.1 Å². The third-order valence-electron chi connectivity index (χ3n) is 4.25. The van der Waals surface area contributed by atoms with Crippen LogP contribution in [-0.2, 0) is 0 Å². The van der Waals surface area contributed by atoms with Gasteiger partial charge >= 0.3 is 0 Å². The highest BCUT2D eigenvalue weighted by atomic mass is 19.1. The van der Waals surface area contributed by atoms with E-state index in [9.17, 15) is 4.39 Å². The molecule has 5 heteroatoms. The molecule has 1 aromatic carbocycles. The molecular formula is C16H26FN3O. The number of halogens is 1. The largest absolute Gasteiger partial charge is 0.395 e. The molecule has 1 heterocycles. The van der Waals surface area contributed by atoms with Gasteiger partial charge in [0.1, 0.15) is 5.82 Å². The van der Waals surface area contributed by atoms with E-state index in [1.54, 1.807) is 6.07 Å². The van der Waals surface area contributed by atoms with Crippen LogP contribution in [0.25, 0.3) is 0 Å². The van der Waals surface area contributed by atoms with Gasteiger partial charge < -0.3 is 15.3 Å². The second kappa shape index (κ2) is 7.73. The Balaban J connectivity index is 2.07. The Kier molecular flexibility index (Phi) is 5.96. The van der Waals surface area contributed by atoms with E-state index in [0.29, 0.717) is 12.2 Å². The van der Waals surface area contributed by atoms with E-state index in [2.05, 4.69) is 15.1 Å². The molecule has 0 aliphatic carbocycles. The lowest BCUT2D eigenvalue weighted by atomic mass is 10.1. The van der Waals surface area contributed by atoms with Crippen molar-refractivity contribution in [3.8, 4) is 0 Å². The lowest BCUT2D eigenvalue weighted by molar-refractivity contribution is 0.204. The van der Waals surface area contributed by atoms with Crippen LogP contribution in [-0.4, -0.2) is 56.4 Å². The lowest BCUT2D eigenvalue weighted by Crippen LogP contribution is -2.32. The molecule has 1 saturated heterocycles.